The van der Waals surface area contributed by atoms with Crippen molar-refractivity contribution in [1.82, 2.24) is 5.32 Å². The van der Waals surface area contributed by atoms with Gasteiger partial charge in [0.05, 0.1) is 11.5 Å². The fourth-order valence-electron chi connectivity index (χ4n) is 1.91. The van der Waals surface area contributed by atoms with Crippen LogP contribution in [0.4, 0.5) is 5.69 Å². The van der Waals surface area contributed by atoms with Crippen molar-refractivity contribution < 1.29 is 19.6 Å². The Kier molecular flexibility index (Phi) is 6.08. The van der Waals surface area contributed by atoms with Crippen LogP contribution in [0.5, 0.6) is 0 Å². The number of nitrogens with one attached hydrogen (secondary N) is 1. The Morgan fingerprint density at radius 2 is 2.25 bits per heavy atom. The molecule has 0 aliphatic rings. The van der Waals surface area contributed by atoms with Crippen LogP contribution in [0.1, 0.15) is 29.3 Å². The van der Waals surface area contributed by atoms with Crippen LogP contribution in [0.2, 0.25) is 0 Å². The predicted molar refractivity (Wildman–Crippen MR) is 72.9 cm³/mol. The van der Waals surface area contributed by atoms with Crippen LogP contribution in [0.25, 0.3) is 0 Å². The van der Waals surface area contributed by atoms with Gasteiger partial charge in [-0.1, -0.05) is 19.1 Å². The molecule has 0 saturated heterocycles. The molecule has 0 aliphatic carbocycles. The molecule has 7 nitrogen and oxygen atoms in total. The first-order chi connectivity index (χ1) is 9.51. The number of hydrogen-bond acceptors (Lipinski definition) is 5. The van der Waals surface area contributed by atoms with E-state index in [-0.39, 0.29) is 18.2 Å². The molecule has 0 heterocycles. The Balaban J connectivity index is 2.97. The zero-order valence-corrected chi connectivity index (χ0v) is 11.5. The van der Waals surface area contributed by atoms with Crippen LogP contribution in [-0.2, 0) is 11.3 Å². The third-order valence-electron chi connectivity index (χ3n) is 2.98. The fraction of sp³-hybridized carbons (Fsp3) is 0.462. The number of aromatic carboxylic acids is 1. The van der Waals surface area contributed by atoms with Gasteiger partial charge in [-0.05, 0) is 12.0 Å². The van der Waals surface area contributed by atoms with Gasteiger partial charge in [0.25, 0.3) is 5.69 Å². The molecule has 0 aromatic heterocycles. The lowest BCUT2D eigenvalue weighted by atomic mass is 10.0. The van der Waals surface area contributed by atoms with E-state index in [9.17, 15) is 14.9 Å². The minimum absolute atomic E-state index is 0.0703. The number of rotatable bonds is 8. The smallest absolute Gasteiger partial charge is 0.343 e. The number of carboxylic acid groups (broad SMARTS) is 1. The molecule has 2 N–H and O–H groups in total. The van der Waals surface area contributed by atoms with Gasteiger partial charge in [-0.25, -0.2) is 4.79 Å². The molecular formula is C13H18N2O5. The first kappa shape index (κ1) is 16.1. The molecule has 0 fully saturated rings. The van der Waals surface area contributed by atoms with E-state index in [1.54, 1.807) is 13.2 Å². The number of hydrogen-bond donors (Lipinski definition) is 2. The van der Waals surface area contributed by atoms with Crippen molar-refractivity contribution in [1.29, 1.82) is 0 Å². The molecule has 1 aromatic carbocycles. The quantitative estimate of drug-likeness (QED) is 0.557. The lowest BCUT2D eigenvalue weighted by Crippen LogP contribution is -2.32. The molecule has 110 valence electrons. The van der Waals surface area contributed by atoms with E-state index in [1.807, 2.05) is 6.92 Å². The van der Waals surface area contributed by atoms with Gasteiger partial charge in [0.15, 0.2) is 0 Å². The summed E-state index contributed by atoms with van der Waals surface area (Å²) in [6.07, 6.45) is 0.811. The van der Waals surface area contributed by atoms with E-state index in [4.69, 9.17) is 9.84 Å². The third-order valence-corrected chi connectivity index (χ3v) is 2.98. The Labute approximate surface area is 116 Å². The van der Waals surface area contributed by atoms with Crippen molar-refractivity contribution in [2.24, 2.45) is 0 Å². The van der Waals surface area contributed by atoms with Crippen molar-refractivity contribution in [2.45, 2.75) is 25.9 Å². The standard InChI is InChI=1S/C13H18N2O5/c1-3-10(8-20-2)14-7-9-5-4-6-11(15(18)19)12(9)13(16)17/h4-6,10,14H,3,7-8H2,1-2H3,(H,16,17). The molecule has 0 saturated carbocycles. The number of carbonyl (C=O) groups is 1. The first-order valence-corrected chi connectivity index (χ1v) is 6.23. The van der Waals surface area contributed by atoms with E-state index in [2.05, 4.69) is 5.32 Å². The maximum atomic E-state index is 11.2. The van der Waals surface area contributed by atoms with Gasteiger partial charge in [-0.2, -0.15) is 0 Å². The molecule has 0 bridgehead atoms. The second-order valence-corrected chi connectivity index (χ2v) is 4.31. The van der Waals surface area contributed by atoms with Crippen molar-refractivity contribution in [3.8, 4) is 0 Å². The van der Waals surface area contributed by atoms with Crippen LogP contribution in [-0.4, -0.2) is 35.8 Å². The summed E-state index contributed by atoms with van der Waals surface area (Å²) in [6.45, 7) is 2.71. The van der Waals surface area contributed by atoms with Gasteiger partial charge in [0, 0.05) is 25.8 Å². The lowest BCUT2D eigenvalue weighted by Gasteiger charge is -2.16. The molecule has 7 heteroatoms. The second kappa shape index (κ2) is 7.56. The summed E-state index contributed by atoms with van der Waals surface area (Å²) in [5.41, 5.74) is -0.268. The first-order valence-electron chi connectivity index (χ1n) is 6.23. The number of methoxy groups -OCH3 is 1. The number of benzene rings is 1. The fourth-order valence-corrected chi connectivity index (χ4v) is 1.91. The number of nitro groups is 1. The van der Waals surface area contributed by atoms with Crippen LogP contribution >= 0.6 is 0 Å². The molecule has 20 heavy (non-hydrogen) atoms. The van der Waals surface area contributed by atoms with E-state index in [0.717, 1.165) is 6.42 Å². The minimum atomic E-state index is -1.30. The van der Waals surface area contributed by atoms with Gasteiger partial charge >= 0.3 is 5.97 Å². The zero-order valence-electron chi connectivity index (χ0n) is 11.5. The van der Waals surface area contributed by atoms with Gasteiger partial charge in [-0.15, -0.1) is 0 Å². The Hall–Kier alpha value is -1.99. The molecule has 1 atom stereocenters. The summed E-state index contributed by atoms with van der Waals surface area (Å²) in [5.74, 6) is -1.30. The lowest BCUT2D eigenvalue weighted by molar-refractivity contribution is -0.385. The van der Waals surface area contributed by atoms with Gasteiger partial charge in [0.2, 0.25) is 0 Å². The topological polar surface area (TPSA) is 102 Å². The van der Waals surface area contributed by atoms with Crippen molar-refractivity contribution in [3.63, 3.8) is 0 Å². The van der Waals surface area contributed by atoms with E-state index in [1.165, 1.54) is 12.1 Å². The number of nitro benzene ring substituents is 1. The largest absolute Gasteiger partial charge is 0.477 e. The van der Waals surface area contributed by atoms with E-state index in [0.29, 0.717) is 12.2 Å². The molecule has 0 amide bonds. The highest BCUT2D eigenvalue weighted by atomic mass is 16.6. The van der Waals surface area contributed by atoms with Gasteiger partial charge in [0.1, 0.15) is 5.56 Å². The predicted octanol–water partition coefficient (Wildman–Crippen LogP) is 1.81. The normalized spacial score (nSPS) is 12.1. The van der Waals surface area contributed by atoms with Gasteiger partial charge < -0.3 is 15.2 Å². The minimum Gasteiger partial charge on any atom is -0.477 e. The van der Waals surface area contributed by atoms with E-state index >= 15 is 0 Å². The summed E-state index contributed by atoms with van der Waals surface area (Å²) in [4.78, 5) is 21.4. The van der Waals surface area contributed by atoms with Crippen molar-refractivity contribution >= 4 is 11.7 Å². The monoisotopic (exact) mass is 282 g/mol. The van der Waals surface area contributed by atoms with E-state index < -0.39 is 16.6 Å². The SMILES string of the molecule is CCC(COC)NCc1cccc([N+](=O)[O-])c1C(=O)O. The van der Waals surface area contributed by atoms with Crippen LogP contribution < -0.4 is 5.32 Å². The molecule has 0 spiro atoms. The average Bonchev–Trinajstić information content (AvgIpc) is 2.42. The molecule has 1 aromatic rings. The summed E-state index contributed by atoms with van der Waals surface area (Å²) >= 11 is 0. The van der Waals surface area contributed by atoms with Crippen molar-refractivity contribution in [2.75, 3.05) is 13.7 Å². The summed E-state index contributed by atoms with van der Waals surface area (Å²) in [5, 5.41) is 23.2. The summed E-state index contributed by atoms with van der Waals surface area (Å²) < 4.78 is 5.04. The zero-order chi connectivity index (χ0) is 15.1. The molecule has 1 unspecified atom stereocenters. The Morgan fingerprint density at radius 3 is 2.75 bits per heavy atom. The number of ether oxygens (including phenoxy) is 1. The summed E-state index contributed by atoms with van der Waals surface area (Å²) in [7, 11) is 1.58. The number of nitrogens with zero attached hydrogens (tertiary/aromatic N) is 1. The average molecular weight is 282 g/mol. The van der Waals surface area contributed by atoms with Crippen LogP contribution in [0.3, 0.4) is 0 Å². The highest BCUT2D eigenvalue weighted by Gasteiger charge is 2.23. The maximum Gasteiger partial charge on any atom is 0.343 e. The second-order valence-electron chi connectivity index (χ2n) is 4.31. The molecule has 1 rings (SSSR count). The van der Waals surface area contributed by atoms with Crippen molar-refractivity contribution in [3.05, 3.63) is 39.4 Å². The van der Waals surface area contributed by atoms with Crippen LogP contribution in [0, 0.1) is 10.1 Å². The number of carboxylic acids is 1. The molecule has 0 radical (unpaired) electrons. The maximum absolute atomic E-state index is 11.2. The summed E-state index contributed by atoms with van der Waals surface area (Å²) in [6, 6.07) is 4.32. The highest BCUT2D eigenvalue weighted by Crippen LogP contribution is 2.22. The molecular weight excluding hydrogens is 264 g/mol. The Morgan fingerprint density at radius 1 is 1.55 bits per heavy atom. The van der Waals surface area contributed by atoms with Crippen LogP contribution in [0.15, 0.2) is 18.2 Å². The highest BCUT2D eigenvalue weighted by molar-refractivity contribution is 5.94. The third kappa shape index (κ3) is 4.01. The Bertz CT molecular complexity index is 490. The molecule has 0 aliphatic heterocycles. The van der Waals surface area contributed by atoms with Gasteiger partial charge in [-0.3, -0.25) is 10.1 Å².